The molecule has 8 nitrogen and oxygen atoms in total. The zero-order chi connectivity index (χ0) is 27.8. The van der Waals surface area contributed by atoms with Gasteiger partial charge in [-0.2, -0.15) is 0 Å². The van der Waals surface area contributed by atoms with Crippen LogP contribution in [0.1, 0.15) is 78.7 Å². The van der Waals surface area contributed by atoms with Gasteiger partial charge in [0, 0.05) is 36.3 Å². The molecule has 0 bridgehead atoms. The number of nitrogens with zero attached hydrogens (tertiary/aromatic N) is 2. The molecule has 3 aliphatic rings. The summed E-state index contributed by atoms with van der Waals surface area (Å²) in [7, 11) is 0. The second-order valence-electron chi connectivity index (χ2n) is 12.3. The molecule has 2 fully saturated rings. The fraction of sp³-hybridized carbons (Fsp3) is 0.621. The molecule has 4 rings (SSSR count). The van der Waals surface area contributed by atoms with Gasteiger partial charge < -0.3 is 15.1 Å². The number of hydrogen-bond donors (Lipinski definition) is 1. The van der Waals surface area contributed by atoms with Crippen LogP contribution in [0.4, 0.5) is 0 Å². The van der Waals surface area contributed by atoms with Gasteiger partial charge in [0.25, 0.3) is 0 Å². The van der Waals surface area contributed by atoms with Crippen LogP contribution in [0, 0.1) is 17.3 Å². The lowest BCUT2D eigenvalue weighted by molar-refractivity contribution is -0.145. The van der Waals surface area contributed by atoms with Gasteiger partial charge in [0.15, 0.2) is 11.4 Å². The molecular weight excluding hydrogens is 506 g/mol. The first-order chi connectivity index (χ1) is 17.8. The summed E-state index contributed by atoms with van der Waals surface area (Å²) in [5.74, 6) is -1.80. The molecule has 2 aliphatic heterocycles. The Morgan fingerprint density at radius 3 is 2.53 bits per heavy atom. The summed E-state index contributed by atoms with van der Waals surface area (Å²) in [6, 6.07) is 5.60. The third-order valence-corrected chi connectivity index (χ3v) is 8.66. The predicted molar refractivity (Wildman–Crippen MR) is 145 cm³/mol. The van der Waals surface area contributed by atoms with E-state index in [0.29, 0.717) is 29.5 Å². The number of hydrogen-bond acceptors (Lipinski definition) is 6. The van der Waals surface area contributed by atoms with Crippen molar-refractivity contribution >= 4 is 40.7 Å². The van der Waals surface area contributed by atoms with Gasteiger partial charge >= 0.3 is 0 Å². The first-order valence-corrected chi connectivity index (χ1v) is 13.8. The minimum Gasteiger partial charge on any atom is -0.387 e. The van der Waals surface area contributed by atoms with Crippen molar-refractivity contribution in [1.29, 1.82) is 0 Å². The minimum absolute atomic E-state index is 0.150. The summed E-state index contributed by atoms with van der Waals surface area (Å²) in [5.41, 5.74) is 0.362. The molecule has 0 radical (unpaired) electrons. The lowest BCUT2D eigenvalue weighted by atomic mass is 9.79. The van der Waals surface area contributed by atoms with Crippen LogP contribution in [0.2, 0.25) is 5.02 Å². The van der Waals surface area contributed by atoms with Crippen LogP contribution in [0.15, 0.2) is 29.4 Å². The number of carbonyl (C=O) groups is 4. The number of carbonyl (C=O) groups excluding carboxylic acids is 4. The molecule has 1 saturated carbocycles. The molecule has 0 aromatic heterocycles. The number of amides is 2. The Balaban J connectivity index is 1.57. The summed E-state index contributed by atoms with van der Waals surface area (Å²) in [6.07, 6.45) is 4.14. The first-order valence-electron chi connectivity index (χ1n) is 13.5. The van der Waals surface area contributed by atoms with E-state index in [1.165, 1.54) is 6.92 Å². The molecule has 1 saturated heterocycles. The van der Waals surface area contributed by atoms with E-state index in [1.54, 1.807) is 11.0 Å². The van der Waals surface area contributed by atoms with Crippen LogP contribution in [-0.4, -0.2) is 58.2 Å². The van der Waals surface area contributed by atoms with Crippen molar-refractivity contribution in [3.05, 3.63) is 34.9 Å². The van der Waals surface area contributed by atoms with Crippen molar-refractivity contribution in [3.8, 4) is 0 Å². The number of benzene rings is 1. The maximum atomic E-state index is 13.7. The van der Waals surface area contributed by atoms with Gasteiger partial charge in [-0.15, -0.1) is 0 Å². The van der Waals surface area contributed by atoms with Crippen molar-refractivity contribution in [2.75, 3.05) is 6.54 Å². The first kappa shape index (κ1) is 28.3. The van der Waals surface area contributed by atoms with Crippen LogP contribution in [0.3, 0.4) is 0 Å². The Kier molecular flexibility index (Phi) is 8.03. The number of halogens is 1. The van der Waals surface area contributed by atoms with Gasteiger partial charge in [-0.05, 0) is 29.9 Å². The van der Waals surface area contributed by atoms with Gasteiger partial charge in [0.1, 0.15) is 6.04 Å². The topological polar surface area (TPSA) is 105 Å². The molecular formula is C29H38ClN3O5. The van der Waals surface area contributed by atoms with Crippen molar-refractivity contribution in [1.82, 2.24) is 10.2 Å². The van der Waals surface area contributed by atoms with Crippen LogP contribution < -0.4 is 5.32 Å². The summed E-state index contributed by atoms with van der Waals surface area (Å²) in [4.78, 5) is 59.6. The molecule has 4 atom stereocenters. The number of rotatable bonds is 8. The van der Waals surface area contributed by atoms with E-state index in [1.807, 2.05) is 45.9 Å². The molecule has 2 heterocycles. The molecule has 38 heavy (non-hydrogen) atoms. The molecule has 2 amide bonds. The lowest BCUT2D eigenvalue weighted by Crippen LogP contribution is -2.53. The minimum atomic E-state index is -0.887. The average molecular weight is 544 g/mol. The van der Waals surface area contributed by atoms with E-state index in [2.05, 4.69) is 10.5 Å². The molecule has 1 aliphatic carbocycles. The molecule has 9 heteroatoms. The third-order valence-electron chi connectivity index (χ3n) is 8.43. The van der Waals surface area contributed by atoms with E-state index < -0.39 is 35.2 Å². The predicted octanol–water partition coefficient (Wildman–Crippen LogP) is 4.32. The summed E-state index contributed by atoms with van der Waals surface area (Å²) in [5, 5.41) is 7.75. The molecule has 206 valence electrons. The average Bonchev–Trinajstić information content (AvgIpc) is 3.42. The molecule has 1 N–H and O–H groups in total. The Morgan fingerprint density at radius 2 is 1.95 bits per heavy atom. The van der Waals surface area contributed by atoms with Gasteiger partial charge in [0.05, 0.1) is 18.3 Å². The van der Waals surface area contributed by atoms with Crippen LogP contribution in [-0.2, 0) is 24.0 Å². The highest BCUT2D eigenvalue weighted by atomic mass is 35.5. The fourth-order valence-corrected chi connectivity index (χ4v) is 5.57. The molecule has 1 aromatic carbocycles. The number of Topliss-reactive ketones (excluding diaryl/α,β-unsaturated/α-hetero) is 2. The maximum Gasteiger partial charge on any atom is 0.243 e. The van der Waals surface area contributed by atoms with E-state index in [0.717, 1.165) is 24.8 Å². The van der Waals surface area contributed by atoms with Crippen molar-refractivity contribution in [2.24, 2.45) is 22.4 Å². The highest BCUT2D eigenvalue weighted by Crippen LogP contribution is 2.41. The van der Waals surface area contributed by atoms with Gasteiger partial charge in [-0.1, -0.05) is 75.8 Å². The van der Waals surface area contributed by atoms with E-state index in [9.17, 15) is 19.2 Å². The Hall–Kier alpha value is -2.74. The SMILES string of the molecule is CC(=O)C(=O)C(CC1CCC1)NC(=O)[C@@H]1C[C@]2(CC(c3cccc(Cl)c3)=NO2)CN1C(=O)[C@@H](C)C(C)(C)C. The van der Waals surface area contributed by atoms with Crippen molar-refractivity contribution in [2.45, 2.75) is 90.8 Å². The second kappa shape index (κ2) is 10.8. The summed E-state index contributed by atoms with van der Waals surface area (Å²) in [6.45, 7) is 9.26. The second-order valence-corrected chi connectivity index (χ2v) is 12.7. The summed E-state index contributed by atoms with van der Waals surface area (Å²) < 4.78 is 0. The molecule has 1 spiro atoms. The Bertz CT molecular complexity index is 1160. The maximum absolute atomic E-state index is 13.7. The van der Waals surface area contributed by atoms with Gasteiger partial charge in [-0.25, -0.2) is 0 Å². The van der Waals surface area contributed by atoms with Crippen LogP contribution in [0.5, 0.6) is 0 Å². The normalized spacial score (nSPS) is 24.8. The van der Waals surface area contributed by atoms with E-state index in [4.69, 9.17) is 16.4 Å². The number of nitrogens with one attached hydrogen (secondary N) is 1. The van der Waals surface area contributed by atoms with Crippen LogP contribution >= 0.6 is 11.6 Å². The summed E-state index contributed by atoms with van der Waals surface area (Å²) >= 11 is 6.17. The third kappa shape index (κ3) is 5.95. The van der Waals surface area contributed by atoms with Crippen molar-refractivity contribution in [3.63, 3.8) is 0 Å². The Morgan fingerprint density at radius 1 is 1.24 bits per heavy atom. The van der Waals surface area contributed by atoms with Crippen LogP contribution in [0.25, 0.3) is 0 Å². The monoisotopic (exact) mass is 543 g/mol. The lowest BCUT2D eigenvalue weighted by Gasteiger charge is -2.34. The van der Waals surface area contributed by atoms with E-state index >= 15 is 0 Å². The highest BCUT2D eigenvalue weighted by Gasteiger charge is 2.55. The van der Waals surface area contributed by atoms with Gasteiger partial charge in [-0.3, -0.25) is 19.2 Å². The van der Waals surface area contributed by atoms with Gasteiger partial charge in [0.2, 0.25) is 17.6 Å². The molecule has 1 unspecified atom stereocenters. The quantitative estimate of drug-likeness (QED) is 0.492. The molecule has 1 aromatic rings. The highest BCUT2D eigenvalue weighted by molar-refractivity contribution is 6.38. The smallest absolute Gasteiger partial charge is 0.243 e. The Labute approximate surface area is 229 Å². The van der Waals surface area contributed by atoms with Crippen molar-refractivity contribution < 1.29 is 24.0 Å². The van der Waals surface area contributed by atoms with E-state index in [-0.39, 0.29) is 30.2 Å². The standard InChI is InChI=1S/C29H38ClN3O5/c1-17(28(3,4)5)27(37)33-16-29(14-23(32-38-29)20-10-7-11-21(30)13-20)15-24(33)26(36)31-22(25(35)18(2)34)12-19-8-6-9-19/h7,10-11,13,17,19,22,24H,6,8-9,12,14-16H2,1-5H3,(H,31,36)/t17-,22?,24+,29-/m1/s1. The largest absolute Gasteiger partial charge is 0.387 e. The zero-order valence-corrected chi connectivity index (χ0v) is 23.6. The number of oxime groups is 1. The number of likely N-dealkylation sites (tertiary alicyclic amines) is 1. The fourth-order valence-electron chi connectivity index (χ4n) is 5.38. The number of ketones is 2. The zero-order valence-electron chi connectivity index (χ0n) is 22.9.